The first-order chi connectivity index (χ1) is 9.16. The van der Waals surface area contributed by atoms with E-state index in [1.54, 1.807) is 6.07 Å². The molecule has 1 fully saturated rings. The topological polar surface area (TPSA) is 37.2 Å². The van der Waals surface area contributed by atoms with Crippen molar-refractivity contribution < 1.29 is 5.11 Å². The normalized spacial score (nSPS) is 16.2. The van der Waals surface area contributed by atoms with Crippen molar-refractivity contribution in [2.75, 3.05) is 0 Å². The van der Waals surface area contributed by atoms with Crippen molar-refractivity contribution in [1.82, 2.24) is 9.88 Å². The van der Waals surface area contributed by atoms with E-state index in [0.29, 0.717) is 17.8 Å². The molecule has 1 aromatic heterocycles. The lowest BCUT2D eigenvalue weighted by Gasteiger charge is -2.26. The van der Waals surface area contributed by atoms with Crippen molar-refractivity contribution in [1.29, 1.82) is 0 Å². The van der Waals surface area contributed by atoms with Gasteiger partial charge in [-0.15, -0.1) is 0 Å². The molecule has 0 aliphatic heterocycles. The number of aromatic hydroxyl groups is 1. The summed E-state index contributed by atoms with van der Waals surface area (Å²) in [5.41, 5.74) is 2.33. The Morgan fingerprint density at radius 2 is 2.16 bits per heavy atom. The molecule has 1 aliphatic rings. The van der Waals surface area contributed by atoms with Crippen LogP contribution in [-0.2, 0) is 6.54 Å². The van der Waals surface area contributed by atoms with Crippen molar-refractivity contribution in [2.24, 2.45) is 0 Å². The van der Waals surface area contributed by atoms with E-state index in [4.69, 9.17) is 0 Å². The molecule has 0 amide bonds. The fraction of sp³-hybridized carbons (Fsp3) is 0.500. The van der Waals surface area contributed by atoms with E-state index in [9.17, 15) is 5.11 Å². The Labute approximate surface area is 114 Å². The van der Waals surface area contributed by atoms with Crippen LogP contribution in [0, 0.1) is 0 Å². The van der Waals surface area contributed by atoms with E-state index in [1.165, 1.54) is 24.8 Å². The number of rotatable bonds is 4. The molecule has 1 heterocycles. The molecule has 0 unspecified atom stereocenters. The van der Waals surface area contributed by atoms with Gasteiger partial charge in [-0.05, 0) is 44.4 Å². The largest absolute Gasteiger partial charge is 0.507 e. The molecular formula is C16H22N2O. The summed E-state index contributed by atoms with van der Waals surface area (Å²) in [4.78, 5) is 0. The lowest BCUT2D eigenvalue weighted by molar-refractivity contribution is 0.338. The fourth-order valence-electron chi connectivity index (χ4n) is 2.80. The number of nitrogens with zero attached hydrogens (tertiary/aromatic N) is 1. The molecule has 19 heavy (non-hydrogen) atoms. The predicted molar refractivity (Wildman–Crippen MR) is 78.5 cm³/mol. The third kappa shape index (κ3) is 2.23. The molecule has 1 saturated carbocycles. The quantitative estimate of drug-likeness (QED) is 0.879. The Hall–Kier alpha value is -1.48. The summed E-state index contributed by atoms with van der Waals surface area (Å²) in [6.07, 6.45) is 6.10. The van der Waals surface area contributed by atoms with Gasteiger partial charge < -0.3 is 15.0 Å². The predicted octanol–water partition coefficient (Wildman–Crippen LogP) is 3.57. The van der Waals surface area contributed by atoms with Crippen LogP contribution >= 0.6 is 0 Å². The van der Waals surface area contributed by atoms with Crippen molar-refractivity contribution in [3.05, 3.63) is 30.0 Å². The number of phenolic OH excluding ortho intramolecular Hbond substituents is 1. The highest BCUT2D eigenvalue weighted by Crippen LogP contribution is 2.32. The van der Waals surface area contributed by atoms with Gasteiger partial charge in [0.1, 0.15) is 5.75 Å². The Bertz CT molecular complexity index is 582. The van der Waals surface area contributed by atoms with E-state index in [-0.39, 0.29) is 0 Å². The van der Waals surface area contributed by atoms with Gasteiger partial charge >= 0.3 is 0 Å². The molecule has 3 rings (SSSR count). The highest BCUT2D eigenvalue weighted by atomic mass is 16.3. The molecular weight excluding hydrogens is 236 g/mol. The summed E-state index contributed by atoms with van der Waals surface area (Å²) < 4.78 is 2.24. The molecule has 2 aromatic rings. The van der Waals surface area contributed by atoms with Gasteiger partial charge in [-0.25, -0.2) is 0 Å². The number of hydrogen-bond acceptors (Lipinski definition) is 2. The molecule has 0 bridgehead atoms. The second-order valence-electron chi connectivity index (χ2n) is 5.84. The monoisotopic (exact) mass is 258 g/mol. The number of aromatic nitrogens is 1. The second-order valence-corrected chi connectivity index (χ2v) is 5.84. The first-order valence-electron chi connectivity index (χ1n) is 7.21. The summed E-state index contributed by atoms with van der Waals surface area (Å²) >= 11 is 0. The average molecular weight is 258 g/mol. The van der Waals surface area contributed by atoms with Crippen LogP contribution in [0.4, 0.5) is 0 Å². The van der Waals surface area contributed by atoms with Crippen LogP contribution in [0.1, 0.15) is 44.7 Å². The number of hydrogen-bond donors (Lipinski definition) is 2. The van der Waals surface area contributed by atoms with Gasteiger partial charge in [0.25, 0.3) is 0 Å². The zero-order valence-corrected chi connectivity index (χ0v) is 11.7. The molecule has 3 heteroatoms. The van der Waals surface area contributed by atoms with Crippen LogP contribution in [-0.4, -0.2) is 15.7 Å². The minimum Gasteiger partial charge on any atom is -0.507 e. The molecule has 0 saturated heterocycles. The lowest BCUT2D eigenvalue weighted by atomic mass is 9.93. The summed E-state index contributed by atoms with van der Waals surface area (Å²) in [6.45, 7) is 5.19. The minimum absolute atomic E-state index is 0.391. The first kappa shape index (κ1) is 12.5. The Morgan fingerprint density at radius 3 is 2.79 bits per heavy atom. The minimum atomic E-state index is 0.391. The van der Waals surface area contributed by atoms with Crippen molar-refractivity contribution in [3.8, 4) is 5.75 Å². The summed E-state index contributed by atoms with van der Waals surface area (Å²) in [5, 5.41) is 14.7. The van der Waals surface area contributed by atoms with Gasteiger partial charge in [0, 0.05) is 30.2 Å². The Balaban J connectivity index is 1.97. The van der Waals surface area contributed by atoms with Crippen LogP contribution in [0.3, 0.4) is 0 Å². The highest BCUT2D eigenvalue weighted by Gasteiger charge is 2.18. The second kappa shape index (κ2) is 4.89. The van der Waals surface area contributed by atoms with E-state index in [2.05, 4.69) is 36.0 Å². The van der Waals surface area contributed by atoms with Crippen molar-refractivity contribution in [2.45, 2.75) is 51.7 Å². The molecule has 1 aliphatic carbocycles. The lowest BCUT2D eigenvalue weighted by Crippen LogP contribution is -2.34. The Kier molecular flexibility index (Phi) is 3.23. The number of phenols is 1. The maximum atomic E-state index is 10.1. The SMILES string of the molecule is CC(C)n1cc(CNC2CCC2)c2c(O)cccc21. The average Bonchev–Trinajstić information content (AvgIpc) is 2.68. The van der Waals surface area contributed by atoms with Crippen LogP contribution in [0.15, 0.2) is 24.4 Å². The molecule has 0 atom stereocenters. The Morgan fingerprint density at radius 1 is 1.37 bits per heavy atom. The van der Waals surface area contributed by atoms with E-state index < -0.39 is 0 Å². The summed E-state index contributed by atoms with van der Waals surface area (Å²) in [5.74, 6) is 0.391. The van der Waals surface area contributed by atoms with Crippen molar-refractivity contribution in [3.63, 3.8) is 0 Å². The fourth-order valence-corrected chi connectivity index (χ4v) is 2.80. The molecule has 0 spiro atoms. The summed E-state index contributed by atoms with van der Waals surface area (Å²) in [6, 6.07) is 6.85. The van der Waals surface area contributed by atoms with Gasteiger partial charge in [0.2, 0.25) is 0 Å². The van der Waals surface area contributed by atoms with Crippen LogP contribution < -0.4 is 5.32 Å². The van der Waals surface area contributed by atoms with Crippen LogP contribution in [0.2, 0.25) is 0 Å². The zero-order valence-electron chi connectivity index (χ0n) is 11.7. The van der Waals surface area contributed by atoms with Crippen LogP contribution in [0.25, 0.3) is 10.9 Å². The first-order valence-corrected chi connectivity index (χ1v) is 7.21. The molecule has 0 radical (unpaired) electrons. The standard InChI is InChI=1S/C16H22N2O/c1-11(2)18-10-12(9-17-13-5-3-6-13)16-14(18)7-4-8-15(16)19/h4,7-8,10-11,13,17,19H,3,5-6,9H2,1-2H3. The maximum Gasteiger partial charge on any atom is 0.125 e. The zero-order chi connectivity index (χ0) is 13.4. The van der Waals surface area contributed by atoms with E-state index >= 15 is 0 Å². The molecule has 102 valence electrons. The van der Waals surface area contributed by atoms with Gasteiger partial charge in [-0.3, -0.25) is 0 Å². The van der Waals surface area contributed by atoms with Gasteiger partial charge in [0.15, 0.2) is 0 Å². The third-order valence-corrected chi connectivity index (χ3v) is 4.16. The highest BCUT2D eigenvalue weighted by molar-refractivity contribution is 5.89. The van der Waals surface area contributed by atoms with Crippen molar-refractivity contribution >= 4 is 10.9 Å². The molecule has 2 N–H and O–H groups in total. The maximum absolute atomic E-state index is 10.1. The number of nitrogens with one attached hydrogen (secondary N) is 1. The molecule has 3 nitrogen and oxygen atoms in total. The van der Waals surface area contributed by atoms with Gasteiger partial charge in [0.05, 0.1) is 5.52 Å². The molecule has 1 aromatic carbocycles. The number of fused-ring (bicyclic) bond motifs is 1. The van der Waals surface area contributed by atoms with Crippen LogP contribution in [0.5, 0.6) is 5.75 Å². The van der Waals surface area contributed by atoms with E-state index in [1.807, 2.05) is 6.07 Å². The van der Waals surface area contributed by atoms with E-state index in [0.717, 1.165) is 17.4 Å². The van der Waals surface area contributed by atoms with Gasteiger partial charge in [-0.1, -0.05) is 12.5 Å². The number of benzene rings is 1. The summed E-state index contributed by atoms with van der Waals surface area (Å²) in [7, 11) is 0. The third-order valence-electron chi connectivity index (χ3n) is 4.16. The van der Waals surface area contributed by atoms with Gasteiger partial charge in [-0.2, -0.15) is 0 Å². The smallest absolute Gasteiger partial charge is 0.125 e.